The maximum absolute atomic E-state index is 12.6. The van der Waals surface area contributed by atoms with Crippen LogP contribution >= 0.6 is 0 Å². The number of aromatic hydroxyl groups is 1. The van der Waals surface area contributed by atoms with E-state index < -0.39 is 0 Å². The van der Waals surface area contributed by atoms with E-state index in [1.54, 1.807) is 22.6 Å². The summed E-state index contributed by atoms with van der Waals surface area (Å²) in [5.41, 5.74) is 4.48. The molecule has 0 saturated carbocycles. The number of phenols is 1. The van der Waals surface area contributed by atoms with Gasteiger partial charge in [-0.3, -0.25) is 9.20 Å². The van der Waals surface area contributed by atoms with Crippen LogP contribution in [0.3, 0.4) is 0 Å². The van der Waals surface area contributed by atoms with Gasteiger partial charge in [0.1, 0.15) is 17.1 Å². The van der Waals surface area contributed by atoms with Crippen molar-refractivity contribution in [1.82, 2.24) is 9.38 Å². The van der Waals surface area contributed by atoms with Crippen molar-refractivity contribution >= 4 is 17.2 Å². The van der Waals surface area contributed by atoms with E-state index in [1.807, 2.05) is 39.1 Å². The van der Waals surface area contributed by atoms with Gasteiger partial charge < -0.3 is 10.4 Å². The molecule has 0 aliphatic rings. The highest BCUT2D eigenvalue weighted by molar-refractivity contribution is 6.05. The fraction of sp³-hybridized carbons (Fsp3) is 0.176. The van der Waals surface area contributed by atoms with Crippen molar-refractivity contribution in [2.24, 2.45) is 0 Å². The summed E-state index contributed by atoms with van der Waals surface area (Å²) >= 11 is 0. The molecule has 2 heterocycles. The third kappa shape index (κ3) is 2.30. The van der Waals surface area contributed by atoms with Gasteiger partial charge in [-0.05, 0) is 56.2 Å². The summed E-state index contributed by atoms with van der Waals surface area (Å²) in [6.45, 7) is 5.62. The Labute approximate surface area is 128 Å². The summed E-state index contributed by atoms with van der Waals surface area (Å²) in [6.07, 6.45) is 1.83. The molecule has 0 radical (unpaired) electrons. The highest BCUT2D eigenvalue weighted by Crippen LogP contribution is 2.22. The van der Waals surface area contributed by atoms with E-state index in [2.05, 4.69) is 10.3 Å². The van der Waals surface area contributed by atoms with Gasteiger partial charge in [-0.25, -0.2) is 4.98 Å². The van der Waals surface area contributed by atoms with E-state index in [-0.39, 0.29) is 11.7 Å². The molecule has 22 heavy (non-hydrogen) atoms. The normalized spacial score (nSPS) is 10.9. The van der Waals surface area contributed by atoms with Gasteiger partial charge in [-0.2, -0.15) is 0 Å². The number of anilines is 1. The number of hydrogen-bond donors (Lipinski definition) is 2. The predicted molar refractivity (Wildman–Crippen MR) is 85.5 cm³/mol. The molecule has 3 rings (SSSR count). The summed E-state index contributed by atoms with van der Waals surface area (Å²) in [4.78, 5) is 17.1. The summed E-state index contributed by atoms with van der Waals surface area (Å²) in [5, 5.41) is 12.3. The number of rotatable bonds is 2. The lowest BCUT2D eigenvalue weighted by molar-refractivity contribution is 0.102. The molecule has 0 fully saturated rings. The van der Waals surface area contributed by atoms with Gasteiger partial charge in [-0.1, -0.05) is 6.07 Å². The summed E-state index contributed by atoms with van der Waals surface area (Å²) in [5.74, 6) is -0.0403. The van der Waals surface area contributed by atoms with Gasteiger partial charge >= 0.3 is 0 Å². The first-order chi connectivity index (χ1) is 10.5. The molecular formula is C17H17N3O2. The first-order valence-corrected chi connectivity index (χ1v) is 7.02. The fourth-order valence-electron chi connectivity index (χ4n) is 2.56. The van der Waals surface area contributed by atoms with Crippen LogP contribution in [0.2, 0.25) is 0 Å². The number of fused-ring (bicyclic) bond motifs is 1. The SMILES string of the molecule is Cc1cc(O)ccc1NC(=O)c1c(C)nc2c(C)cccn12. The van der Waals surface area contributed by atoms with Gasteiger partial charge in [0.2, 0.25) is 0 Å². The van der Waals surface area contributed by atoms with Crippen molar-refractivity contribution in [3.05, 3.63) is 59.0 Å². The molecule has 1 amide bonds. The van der Waals surface area contributed by atoms with Crippen LogP contribution in [0, 0.1) is 20.8 Å². The molecule has 2 N–H and O–H groups in total. The number of pyridine rings is 1. The fourth-order valence-corrected chi connectivity index (χ4v) is 2.56. The number of amides is 1. The summed E-state index contributed by atoms with van der Waals surface area (Å²) in [7, 11) is 0. The van der Waals surface area contributed by atoms with E-state index in [0.717, 1.165) is 16.8 Å². The molecule has 112 valence electrons. The maximum atomic E-state index is 12.6. The average Bonchev–Trinajstić information content (AvgIpc) is 2.80. The number of carbonyl (C=O) groups is 1. The number of phenolic OH excluding ortho intramolecular Hbond substituents is 1. The van der Waals surface area contributed by atoms with E-state index in [4.69, 9.17) is 0 Å². The van der Waals surface area contributed by atoms with Gasteiger partial charge in [0.05, 0.1) is 5.69 Å². The van der Waals surface area contributed by atoms with Gasteiger partial charge in [0, 0.05) is 11.9 Å². The maximum Gasteiger partial charge on any atom is 0.274 e. The minimum absolute atomic E-state index is 0.178. The molecule has 1 aromatic carbocycles. The second-order valence-electron chi connectivity index (χ2n) is 5.38. The van der Waals surface area contributed by atoms with Crippen LogP contribution in [-0.2, 0) is 0 Å². The van der Waals surface area contributed by atoms with Crippen molar-refractivity contribution in [1.29, 1.82) is 0 Å². The number of imidazole rings is 1. The molecular weight excluding hydrogens is 278 g/mol. The van der Waals surface area contributed by atoms with E-state index in [9.17, 15) is 9.90 Å². The van der Waals surface area contributed by atoms with E-state index >= 15 is 0 Å². The monoisotopic (exact) mass is 295 g/mol. The molecule has 0 spiro atoms. The van der Waals surface area contributed by atoms with Crippen LogP contribution in [0.15, 0.2) is 36.5 Å². The van der Waals surface area contributed by atoms with Gasteiger partial charge in [0.25, 0.3) is 5.91 Å². The number of carbonyl (C=O) groups excluding carboxylic acids is 1. The molecule has 0 bridgehead atoms. The molecule has 0 aliphatic heterocycles. The third-order valence-electron chi connectivity index (χ3n) is 3.69. The minimum Gasteiger partial charge on any atom is -0.508 e. The Hall–Kier alpha value is -2.82. The zero-order valence-electron chi connectivity index (χ0n) is 12.7. The number of nitrogens with zero attached hydrogens (tertiary/aromatic N) is 2. The lowest BCUT2D eigenvalue weighted by Gasteiger charge is -2.09. The van der Waals surface area contributed by atoms with Crippen molar-refractivity contribution in [3.8, 4) is 5.75 Å². The Kier molecular flexibility index (Phi) is 3.33. The first-order valence-electron chi connectivity index (χ1n) is 7.02. The van der Waals surface area contributed by atoms with Crippen LogP contribution < -0.4 is 5.32 Å². The molecule has 0 unspecified atom stereocenters. The molecule has 5 nitrogen and oxygen atoms in total. The Bertz CT molecular complexity index is 881. The van der Waals surface area contributed by atoms with Crippen LogP contribution in [0.5, 0.6) is 5.75 Å². The lowest BCUT2D eigenvalue weighted by atomic mass is 10.2. The Balaban J connectivity index is 2.02. The van der Waals surface area contributed by atoms with Gasteiger partial charge in [-0.15, -0.1) is 0 Å². The molecule has 0 atom stereocenters. The van der Waals surface area contributed by atoms with Crippen molar-refractivity contribution in [3.63, 3.8) is 0 Å². The van der Waals surface area contributed by atoms with E-state index in [0.29, 0.717) is 17.1 Å². The van der Waals surface area contributed by atoms with Crippen LogP contribution in [0.25, 0.3) is 5.65 Å². The molecule has 0 aliphatic carbocycles. The Morgan fingerprint density at radius 2 is 1.95 bits per heavy atom. The quantitative estimate of drug-likeness (QED) is 0.713. The number of aryl methyl sites for hydroxylation is 3. The highest BCUT2D eigenvalue weighted by Gasteiger charge is 2.18. The number of benzene rings is 1. The first kappa shape index (κ1) is 14.1. The second-order valence-corrected chi connectivity index (χ2v) is 5.38. The second kappa shape index (κ2) is 5.18. The zero-order chi connectivity index (χ0) is 15.9. The number of aromatic nitrogens is 2. The smallest absolute Gasteiger partial charge is 0.274 e. The molecule has 0 saturated heterocycles. The minimum atomic E-state index is -0.218. The zero-order valence-corrected chi connectivity index (χ0v) is 12.7. The van der Waals surface area contributed by atoms with Crippen LogP contribution in [0.1, 0.15) is 27.3 Å². The van der Waals surface area contributed by atoms with Gasteiger partial charge in [0.15, 0.2) is 0 Å². The largest absolute Gasteiger partial charge is 0.508 e. The van der Waals surface area contributed by atoms with Crippen LogP contribution in [-0.4, -0.2) is 20.4 Å². The van der Waals surface area contributed by atoms with Crippen molar-refractivity contribution in [2.45, 2.75) is 20.8 Å². The lowest BCUT2D eigenvalue weighted by Crippen LogP contribution is -2.16. The summed E-state index contributed by atoms with van der Waals surface area (Å²) < 4.78 is 1.80. The third-order valence-corrected chi connectivity index (χ3v) is 3.69. The summed E-state index contributed by atoms with van der Waals surface area (Å²) in [6, 6.07) is 8.71. The van der Waals surface area contributed by atoms with Crippen molar-refractivity contribution < 1.29 is 9.90 Å². The van der Waals surface area contributed by atoms with E-state index in [1.165, 1.54) is 0 Å². The predicted octanol–water partition coefficient (Wildman–Crippen LogP) is 3.22. The molecule has 5 heteroatoms. The topological polar surface area (TPSA) is 66.6 Å². The van der Waals surface area contributed by atoms with Crippen molar-refractivity contribution in [2.75, 3.05) is 5.32 Å². The Morgan fingerprint density at radius 1 is 1.18 bits per heavy atom. The molecule has 2 aromatic heterocycles. The number of hydrogen-bond acceptors (Lipinski definition) is 3. The Morgan fingerprint density at radius 3 is 2.68 bits per heavy atom. The molecule has 3 aromatic rings. The standard InChI is InChI=1S/C17H17N3O2/c1-10-5-4-8-20-15(12(3)18-16(10)20)17(22)19-14-7-6-13(21)9-11(14)2/h4-9,21H,1-3H3,(H,19,22). The average molecular weight is 295 g/mol. The van der Waals surface area contributed by atoms with Crippen LogP contribution in [0.4, 0.5) is 5.69 Å². The number of nitrogens with one attached hydrogen (secondary N) is 1. The highest BCUT2D eigenvalue weighted by atomic mass is 16.3.